The van der Waals surface area contributed by atoms with Crippen molar-refractivity contribution in [2.45, 2.75) is 57.0 Å². The monoisotopic (exact) mass is 419 g/mol. The predicted octanol–water partition coefficient (Wildman–Crippen LogP) is 2.23. The molecule has 1 saturated heterocycles. The molecule has 7 N–H and O–H groups in total. The molecule has 3 rings (SSSR count). The summed E-state index contributed by atoms with van der Waals surface area (Å²) in [6.45, 7) is 2.04. The van der Waals surface area contributed by atoms with Crippen LogP contribution < -0.4 is 22.5 Å². The number of carbonyl (C=O) groups is 1. The first kappa shape index (κ1) is 22.1. The summed E-state index contributed by atoms with van der Waals surface area (Å²) in [5.41, 5.74) is 18.8. The highest BCUT2D eigenvalue weighted by Crippen LogP contribution is 2.37. The molecule has 2 unspecified atom stereocenters. The second-order valence-electron chi connectivity index (χ2n) is 8.58. The van der Waals surface area contributed by atoms with E-state index in [2.05, 4.69) is 10.3 Å². The van der Waals surface area contributed by atoms with E-state index in [4.69, 9.17) is 28.8 Å². The van der Waals surface area contributed by atoms with Crippen molar-refractivity contribution in [2.24, 2.45) is 39.9 Å². The Morgan fingerprint density at radius 1 is 1.03 bits per heavy atom. The van der Waals surface area contributed by atoms with Crippen molar-refractivity contribution in [2.75, 3.05) is 13.1 Å². The van der Waals surface area contributed by atoms with Gasteiger partial charge in [-0.3, -0.25) is 4.79 Å². The smallest absolute Gasteiger partial charge is 0.186 e. The third-order valence-corrected chi connectivity index (χ3v) is 6.81. The highest BCUT2D eigenvalue weighted by atomic mass is 35.5. The number of nitrogens with one attached hydrogen (secondary N) is 1. The number of Topliss-reactive ketones (excluding diaryl/α,β-unsaturated/α-hetero) is 1. The molecule has 1 aromatic carbocycles. The minimum Gasteiger partial charge on any atom is -0.370 e. The Kier molecular flexibility index (Phi) is 7.92. The molecule has 2 fully saturated rings. The molecule has 1 aliphatic carbocycles. The first-order valence-electron chi connectivity index (χ1n) is 10.8. The van der Waals surface area contributed by atoms with Crippen molar-refractivity contribution in [3.8, 4) is 0 Å². The quantitative estimate of drug-likeness (QED) is 0.399. The van der Waals surface area contributed by atoms with Crippen molar-refractivity contribution in [3.05, 3.63) is 34.9 Å². The van der Waals surface area contributed by atoms with Gasteiger partial charge in [0.1, 0.15) is 0 Å². The second kappa shape index (κ2) is 10.4. The number of carbonyl (C=O) groups excluding carboxylic acids is 1. The Hall–Kier alpha value is -1.63. The van der Waals surface area contributed by atoms with Gasteiger partial charge >= 0.3 is 0 Å². The maximum absolute atomic E-state index is 12.9. The van der Waals surface area contributed by atoms with Crippen LogP contribution in [0.4, 0.5) is 0 Å². The molecular weight excluding hydrogens is 386 g/mol. The van der Waals surface area contributed by atoms with E-state index in [1.807, 2.05) is 24.3 Å². The number of piperidine rings is 1. The SMILES string of the molecule is NC(N)=NC(C1CCNCC1)C1CCC(C(=O)C(N)Cc2ccc(Cl)cc2)CC1. The van der Waals surface area contributed by atoms with Crippen LogP contribution >= 0.6 is 11.6 Å². The van der Waals surface area contributed by atoms with Crippen LogP contribution in [0.1, 0.15) is 44.1 Å². The Morgan fingerprint density at radius 2 is 1.62 bits per heavy atom. The first-order chi connectivity index (χ1) is 13.9. The Bertz CT molecular complexity index is 690. The minimum absolute atomic E-state index is 0.0430. The fourth-order valence-electron chi connectivity index (χ4n) is 4.98. The molecule has 1 heterocycles. The van der Waals surface area contributed by atoms with Gasteiger partial charge in [-0.25, -0.2) is 4.99 Å². The Balaban J connectivity index is 1.55. The number of aliphatic imine (C=N–C) groups is 1. The van der Waals surface area contributed by atoms with Gasteiger partial charge in [-0.15, -0.1) is 0 Å². The van der Waals surface area contributed by atoms with E-state index in [-0.39, 0.29) is 23.7 Å². The fraction of sp³-hybridized carbons (Fsp3) is 0.636. The first-order valence-corrected chi connectivity index (χ1v) is 11.1. The van der Waals surface area contributed by atoms with Gasteiger partial charge in [0, 0.05) is 10.9 Å². The van der Waals surface area contributed by atoms with Gasteiger partial charge in [0.15, 0.2) is 11.7 Å². The molecule has 1 saturated carbocycles. The highest BCUT2D eigenvalue weighted by molar-refractivity contribution is 6.30. The summed E-state index contributed by atoms with van der Waals surface area (Å²) in [7, 11) is 0. The summed E-state index contributed by atoms with van der Waals surface area (Å²) in [6, 6.07) is 7.25. The molecule has 0 radical (unpaired) electrons. The summed E-state index contributed by atoms with van der Waals surface area (Å²) >= 11 is 5.93. The normalized spacial score (nSPS) is 25.2. The van der Waals surface area contributed by atoms with Crippen molar-refractivity contribution in [3.63, 3.8) is 0 Å². The number of hydrogen-bond donors (Lipinski definition) is 4. The zero-order valence-electron chi connectivity index (χ0n) is 17.0. The second-order valence-corrected chi connectivity index (χ2v) is 9.02. The zero-order chi connectivity index (χ0) is 20.8. The van der Waals surface area contributed by atoms with Gasteiger partial charge < -0.3 is 22.5 Å². The summed E-state index contributed by atoms with van der Waals surface area (Å²) in [5.74, 6) is 1.36. The van der Waals surface area contributed by atoms with E-state index in [1.165, 1.54) is 0 Å². The predicted molar refractivity (Wildman–Crippen MR) is 119 cm³/mol. The maximum Gasteiger partial charge on any atom is 0.186 e. The molecule has 2 atom stereocenters. The third kappa shape index (κ3) is 6.17. The van der Waals surface area contributed by atoms with Crippen LogP contribution in [0.5, 0.6) is 0 Å². The van der Waals surface area contributed by atoms with Crippen molar-refractivity contribution >= 4 is 23.3 Å². The molecule has 0 aromatic heterocycles. The highest BCUT2D eigenvalue weighted by Gasteiger charge is 2.36. The van der Waals surface area contributed by atoms with Gasteiger partial charge in [0.25, 0.3) is 0 Å². The number of nitrogens with zero attached hydrogens (tertiary/aromatic N) is 1. The van der Waals surface area contributed by atoms with E-state index in [9.17, 15) is 4.79 Å². The van der Waals surface area contributed by atoms with Crippen molar-refractivity contribution in [1.82, 2.24) is 5.32 Å². The standard InChI is InChI=1S/C22H34ClN5O/c23-18-7-1-14(2-8-18)13-19(24)21(29)17-5-3-15(4-6-17)20(28-22(25)26)16-9-11-27-12-10-16/h1-2,7-8,15-17,19-20,27H,3-6,9-13,24H2,(H4,25,26,28). The molecule has 1 aliphatic heterocycles. The maximum atomic E-state index is 12.9. The molecule has 7 heteroatoms. The molecule has 2 aliphatic rings. The van der Waals surface area contributed by atoms with Crippen molar-refractivity contribution in [1.29, 1.82) is 0 Å². The summed E-state index contributed by atoms with van der Waals surface area (Å²) in [4.78, 5) is 17.5. The molecule has 0 bridgehead atoms. The van der Waals surface area contributed by atoms with Crippen LogP contribution in [0, 0.1) is 17.8 Å². The largest absolute Gasteiger partial charge is 0.370 e. The van der Waals surface area contributed by atoms with E-state index in [1.54, 1.807) is 0 Å². The molecule has 29 heavy (non-hydrogen) atoms. The number of guanidine groups is 1. The summed E-state index contributed by atoms with van der Waals surface area (Å²) in [6.07, 6.45) is 6.48. The van der Waals surface area contributed by atoms with Gasteiger partial charge in [0.05, 0.1) is 12.1 Å². The lowest BCUT2D eigenvalue weighted by Crippen LogP contribution is -2.42. The number of ketones is 1. The fourth-order valence-corrected chi connectivity index (χ4v) is 5.10. The molecular formula is C22H34ClN5O. The van der Waals surface area contributed by atoms with E-state index < -0.39 is 6.04 Å². The van der Waals surface area contributed by atoms with Crippen LogP contribution in [-0.4, -0.2) is 36.9 Å². The van der Waals surface area contributed by atoms with Crippen LogP contribution in [0.3, 0.4) is 0 Å². The van der Waals surface area contributed by atoms with Crippen molar-refractivity contribution < 1.29 is 4.79 Å². The van der Waals surface area contributed by atoms with Gasteiger partial charge in [-0.05, 0) is 87.6 Å². The van der Waals surface area contributed by atoms with Gasteiger partial charge in [0.2, 0.25) is 0 Å². The minimum atomic E-state index is -0.462. The van der Waals surface area contributed by atoms with Crippen LogP contribution in [-0.2, 0) is 11.2 Å². The third-order valence-electron chi connectivity index (χ3n) is 6.56. The number of nitrogens with two attached hydrogens (primary N) is 3. The van der Waals surface area contributed by atoms with E-state index >= 15 is 0 Å². The zero-order valence-corrected chi connectivity index (χ0v) is 17.8. The van der Waals surface area contributed by atoms with Crippen LogP contribution in [0.2, 0.25) is 5.02 Å². The lowest BCUT2D eigenvalue weighted by Gasteiger charge is -2.37. The molecule has 0 amide bonds. The van der Waals surface area contributed by atoms with E-state index in [0.717, 1.165) is 57.2 Å². The Labute approximate surface area is 178 Å². The average molecular weight is 420 g/mol. The number of rotatable bonds is 7. The average Bonchev–Trinajstić information content (AvgIpc) is 2.74. The molecule has 0 spiro atoms. The molecule has 160 valence electrons. The lowest BCUT2D eigenvalue weighted by molar-refractivity contribution is -0.125. The molecule has 6 nitrogen and oxygen atoms in total. The lowest BCUT2D eigenvalue weighted by atomic mass is 9.71. The summed E-state index contributed by atoms with van der Waals surface area (Å²) in [5, 5.41) is 4.10. The van der Waals surface area contributed by atoms with Gasteiger partial charge in [-0.1, -0.05) is 23.7 Å². The number of hydrogen-bond acceptors (Lipinski definition) is 4. The number of halogens is 1. The number of benzene rings is 1. The Morgan fingerprint density at radius 3 is 2.21 bits per heavy atom. The van der Waals surface area contributed by atoms with Crippen LogP contribution in [0.15, 0.2) is 29.3 Å². The van der Waals surface area contributed by atoms with Crippen LogP contribution in [0.25, 0.3) is 0 Å². The van der Waals surface area contributed by atoms with Gasteiger partial charge in [-0.2, -0.15) is 0 Å². The summed E-state index contributed by atoms with van der Waals surface area (Å²) < 4.78 is 0. The van der Waals surface area contributed by atoms with E-state index in [0.29, 0.717) is 23.3 Å². The molecule has 1 aromatic rings. The topological polar surface area (TPSA) is 120 Å².